The molecule has 0 radical (unpaired) electrons. The van der Waals surface area contributed by atoms with Crippen molar-refractivity contribution in [1.29, 1.82) is 0 Å². The Bertz CT molecular complexity index is 503. The number of rotatable bonds is 3. The van der Waals surface area contributed by atoms with Gasteiger partial charge < -0.3 is 10.5 Å². The fourth-order valence-electron chi connectivity index (χ4n) is 1.59. The molecule has 0 amide bonds. The van der Waals surface area contributed by atoms with E-state index in [4.69, 9.17) is 10.5 Å². The summed E-state index contributed by atoms with van der Waals surface area (Å²) in [4.78, 5) is 8.28. The van der Waals surface area contributed by atoms with Crippen molar-refractivity contribution in [1.82, 2.24) is 19.7 Å². The van der Waals surface area contributed by atoms with Crippen LogP contribution in [-0.2, 0) is 7.05 Å². The Hall–Kier alpha value is -1.95. The fraction of sp³-hybridized carbons (Fsp3) is 0.364. The van der Waals surface area contributed by atoms with E-state index in [0.717, 1.165) is 11.4 Å². The summed E-state index contributed by atoms with van der Waals surface area (Å²) in [6.45, 7) is 1.97. The van der Waals surface area contributed by atoms with Gasteiger partial charge in [0.2, 0.25) is 5.88 Å². The maximum Gasteiger partial charge on any atom is 0.237 e. The molecule has 6 nitrogen and oxygen atoms in total. The molecule has 0 spiro atoms. The minimum atomic E-state index is -0.432. The number of aromatic nitrogens is 4. The minimum absolute atomic E-state index is 0.432. The number of nitrogens with zero attached hydrogens (tertiary/aromatic N) is 4. The van der Waals surface area contributed by atoms with Gasteiger partial charge in [-0.3, -0.25) is 9.67 Å². The molecule has 1 atom stereocenters. The summed E-state index contributed by atoms with van der Waals surface area (Å²) in [5.74, 6) is 0.434. The van der Waals surface area contributed by atoms with Gasteiger partial charge in [0.1, 0.15) is 5.69 Å². The van der Waals surface area contributed by atoms with Crippen LogP contribution in [0.15, 0.2) is 18.5 Å². The highest BCUT2D eigenvalue weighted by molar-refractivity contribution is 5.29. The molecule has 0 saturated carbocycles. The lowest BCUT2D eigenvalue weighted by Gasteiger charge is -2.10. The van der Waals surface area contributed by atoms with Crippen LogP contribution in [0.4, 0.5) is 0 Å². The molecule has 2 rings (SSSR count). The van der Waals surface area contributed by atoms with E-state index in [9.17, 15) is 0 Å². The molecule has 6 heteroatoms. The van der Waals surface area contributed by atoms with E-state index < -0.39 is 6.04 Å². The molecule has 17 heavy (non-hydrogen) atoms. The van der Waals surface area contributed by atoms with Gasteiger partial charge >= 0.3 is 0 Å². The molecule has 2 heterocycles. The van der Waals surface area contributed by atoms with Crippen LogP contribution in [0.2, 0.25) is 0 Å². The zero-order valence-corrected chi connectivity index (χ0v) is 10.1. The number of nitrogens with two attached hydrogens (primary N) is 1. The van der Waals surface area contributed by atoms with Gasteiger partial charge in [-0.2, -0.15) is 5.10 Å². The van der Waals surface area contributed by atoms with E-state index >= 15 is 0 Å². The van der Waals surface area contributed by atoms with E-state index in [1.54, 1.807) is 24.2 Å². The lowest BCUT2D eigenvalue weighted by Crippen LogP contribution is -2.16. The molecule has 0 aliphatic carbocycles. The Balaban J connectivity index is 2.39. The van der Waals surface area contributed by atoms with Crippen LogP contribution < -0.4 is 10.5 Å². The Labute approximate surface area is 99.4 Å². The third-order valence-electron chi connectivity index (χ3n) is 2.63. The Morgan fingerprint density at radius 2 is 2.06 bits per heavy atom. The van der Waals surface area contributed by atoms with Crippen molar-refractivity contribution in [2.24, 2.45) is 12.8 Å². The normalized spacial score (nSPS) is 12.5. The van der Waals surface area contributed by atoms with E-state index in [-0.39, 0.29) is 0 Å². The van der Waals surface area contributed by atoms with Crippen LogP contribution in [0.25, 0.3) is 0 Å². The number of hydrogen-bond donors (Lipinski definition) is 1. The van der Waals surface area contributed by atoms with Crippen molar-refractivity contribution in [3.05, 3.63) is 35.5 Å². The van der Waals surface area contributed by atoms with Crippen LogP contribution in [0.5, 0.6) is 5.88 Å². The summed E-state index contributed by atoms with van der Waals surface area (Å²) in [6, 6.07) is 1.50. The number of methoxy groups -OCH3 is 1. The first kappa shape index (κ1) is 11.5. The second kappa shape index (κ2) is 4.50. The van der Waals surface area contributed by atoms with E-state index in [2.05, 4.69) is 15.1 Å². The van der Waals surface area contributed by atoms with Crippen molar-refractivity contribution in [2.75, 3.05) is 7.11 Å². The molecule has 2 N–H and O–H groups in total. The number of ether oxygens (including phenoxy) is 1. The molecule has 0 bridgehead atoms. The van der Waals surface area contributed by atoms with E-state index in [1.807, 2.05) is 20.0 Å². The lowest BCUT2D eigenvalue weighted by atomic mass is 10.1. The monoisotopic (exact) mass is 233 g/mol. The third kappa shape index (κ3) is 2.12. The topological polar surface area (TPSA) is 78.9 Å². The highest BCUT2D eigenvalue weighted by atomic mass is 16.5. The third-order valence-corrected chi connectivity index (χ3v) is 2.63. The Morgan fingerprint density at radius 3 is 2.65 bits per heavy atom. The summed E-state index contributed by atoms with van der Waals surface area (Å²) in [5.41, 5.74) is 8.50. The average Bonchev–Trinajstić information content (AvgIpc) is 2.68. The first-order valence-corrected chi connectivity index (χ1v) is 5.24. The van der Waals surface area contributed by atoms with Crippen molar-refractivity contribution in [2.45, 2.75) is 13.0 Å². The molecule has 2 aromatic rings. The summed E-state index contributed by atoms with van der Waals surface area (Å²) in [5, 5.41) is 4.33. The van der Waals surface area contributed by atoms with Gasteiger partial charge in [-0.05, 0) is 13.0 Å². The highest BCUT2D eigenvalue weighted by Crippen LogP contribution is 2.23. The average molecular weight is 233 g/mol. The van der Waals surface area contributed by atoms with Crippen LogP contribution >= 0.6 is 0 Å². The van der Waals surface area contributed by atoms with Crippen LogP contribution in [0, 0.1) is 6.92 Å². The second-order valence-corrected chi connectivity index (χ2v) is 3.76. The molecule has 90 valence electrons. The van der Waals surface area contributed by atoms with Crippen molar-refractivity contribution in [3.8, 4) is 5.88 Å². The summed E-state index contributed by atoms with van der Waals surface area (Å²) in [7, 11) is 3.42. The highest BCUT2D eigenvalue weighted by Gasteiger charge is 2.19. The summed E-state index contributed by atoms with van der Waals surface area (Å²) in [6.07, 6.45) is 3.16. The van der Waals surface area contributed by atoms with Gasteiger partial charge in [0.15, 0.2) is 0 Å². The largest absolute Gasteiger partial charge is 0.480 e. The lowest BCUT2D eigenvalue weighted by molar-refractivity contribution is 0.386. The van der Waals surface area contributed by atoms with Gasteiger partial charge in [-0.15, -0.1) is 0 Å². The first-order chi connectivity index (χ1) is 8.13. The molecule has 0 saturated heterocycles. The smallest absolute Gasteiger partial charge is 0.237 e. The zero-order valence-electron chi connectivity index (χ0n) is 10.1. The molecule has 0 aliphatic heterocycles. The fourth-order valence-corrected chi connectivity index (χ4v) is 1.59. The minimum Gasteiger partial charge on any atom is -0.480 e. The standard InChI is InChI=1S/C11H15N5O/c1-7-6-8(15-16(7)2)9(12)10-11(17-3)14-5-4-13-10/h4-6,9H,12H2,1-3H3. The van der Waals surface area contributed by atoms with Gasteiger partial charge in [-0.25, -0.2) is 4.98 Å². The molecular formula is C11H15N5O. The Kier molecular flexibility index (Phi) is 3.06. The Morgan fingerprint density at radius 1 is 1.35 bits per heavy atom. The molecule has 2 aromatic heterocycles. The number of hydrogen-bond acceptors (Lipinski definition) is 5. The van der Waals surface area contributed by atoms with E-state index in [0.29, 0.717) is 11.6 Å². The number of aryl methyl sites for hydroxylation is 2. The predicted molar refractivity (Wildman–Crippen MR) is 62.6 cm³/mol. The molecule has 0 aromatic carbocycles. The van der Waals surface area contributed by atoms with Crippen LogP contribution in [0.1, 0.15) is 23.1 Å². The SMILES string of the molecule is COc1nccnc1C(N)c1cc(C)n(C)n1. The molecular weight excluding hydrogens is 218 g/mol. The van der Waals surface area contributed by atoms with Crippen molar-refractivity contribution >= 4 is 0 Å². The summed E-state index contributed by atoms with van der Waals surface area (Å²) < 4.78 is 6.91. The van der Waals surface area contributed by atoms with E-state index in [1.165, 1.54) is 0 Å². The predicted octanol–water partition coefficient (Wildman–Crippen LogP) is 0.575. The summed E-state index contributed by atoms with van der Waals surface area (Å²) >= 11 is 0. The zero-order chi connectivity index (χ0) is 12.4. The van der Waals surface area contributed by atoms with Crippen LogP contribution in [-0.4, -0.2) is 26.9 Å². The second-order valence-electron chi connectivity index (χ2n) is 3.76. The van der Waals surface area contributed by atoms with Crippen molar-refractivity contribution in [3.63, 3.8) is 0 Å². The van der Waals surface area contributed by atoms with Crippen molar-refractivity contribution < 1.29 is 4.74 Å². The van der Waals surface area contributed by atoms with Gasteiger partial charge in [0.25, 0.3) is 0 Å². The maximum absolute atomic E-state index is 6.12. The molecule has 0 fully saturated rings. The van der Waals surface area contributed by atoms with Crippen LogP contribution in [0.3, 0.4) is 0 Å². The maximum atomic E-state index is 6.12. The van der Waals surface area contributed by atoms with Gasteiger partial charge in [0, 0.05) is 25.1 Å². The quantitative estimate of drug-likeness (QED) is 0.838. The van der Waals surface area contributed by atoms with Gasteiger partial charge in [-0.1, -0.05) is 0 Å². The molecule has 1 unspecified atom stereocenters. The molecule has 0 aliphatic rings. The first-order valence-electron chi connectivity index (χ1n) is 5.24. The van der Waals surface area contributed by atoms with Gasteiger partial charge in [0.05, 0.1) is 18.8 Å².